The third kappa shape index (κ3) is 1.39. The Hall–Kier alpha value is -1.36. The van der Waals surface area contributed by atoms with Gasteiger partial charge in [0.2, 0.25) is 0 Å². The van der Waals surface area contributed by atoms with Gasteiger partial charge in [-0.25, -0.2) is 0 Å². The van der Waals surface area contributed by atoms with Gasteiger partial charge in [0.1, 0.15) is 5.69 Å². The average Bonchev–Trinajstić information content (AvgIpc) is 2.60. The van der Waals surface area contributed by atoms with Crippen LogP contribution in [0.1, 0.15) is 10.5 Å². The first kappa shape index (κ1) is 9.21. The lowest BCUT2D eigenvalue weighted by atomic mass is 10.2. The molecule has 0 saturated heterocycles. The summed E-state index contributed by atoms with van der Waals surface area (Å²) in [6.45, 7) is 0. The molecular weight excluding hydrogens is 250 g/mol. The second-order valence-electron chi connectivity index (χ2n) is 2.76. The number of carboxylic acids is 1. The third-order valence-corrected chi connectivity index (χ3v) is 2.69. The third-order valence-electron chi connectivity index (χ3n) is 1.86. The molecule has 2 rings (SSSR count). The Kier molecular flexibility index (Phi) is 2.25. The van der Waals surface area contributed by atoms with Crippen LogP contribution in [0, 0.1) is 0 Å². The molecule has 4 nitrogen and oxygen atoms in total. The van der Waals surface area contributed by atoms with Crippen LogP contribution in [0.4, 0.5) is 0 Å². The van der Waals surface area contributed by atoms with Crippen molar-refractivity contribution in [3.05, 3.63) is 30.0 Å². The molecule has 5 heteroatoms. The van der Waals surface area contributed by atoms with Crippen molar-refractivity contribution in [3.8, 4) is 0 Å². The standard InChI is InChI=1S/C9H6BrNO3/c10-7(9(12)13)8-5-3-1-2-4-6(5)14-11-8/h1-4,7H,(H,12,13)/t7-/m1/s1. The van der Waals surface area contributed by atoms with Gasteiger partial charge in [-0.3, -0.25) is 4.79 Å². The van der Waals surface area contributed by atoms with Crippen LogP contribution in [-0.4, -0.2) is 16.2 Å². The van der Waals surface area contributed by atoms with E-state index in [1.807, 2.05) is 6.07 Å². The molecule has 1 aromatic carbocycles. The lowest BCUT2D eigenvalue weighted by Crippen LogP contribution is -2.04. The predicted octanol–water partition coefficient (Wildman–Crippen LogP) is 2.35. The van der Waals surface area contributed by atoms with Crippen LogP contribution in [0.5, 0.6) is 0 Å². The molecule has 0 amide bonds. The first-order valence-electron chi connectivity index (χ1n) is 3.91. The highest BCUT2D eigenvalue weighted by molar-refractivity contribution is 9.09. The summed E-state index contributed by atoms with van der Waals surface area (Å²) >= 11 is 3.03. The maximum atomic E-state index is 10.7. The number of benzene rings is 1. The van der Waals surface area contributed by atoms with Crippen molar-refractivity contribution in [1.82, 2.24) is 5.16 Å². The molecule has 1 atom stereocenters. The Morgan fingerprint density at radius 2 is 2.21 bits per heavy atom. The van der Waals surface area contributed by atoms with Gasteiger partial charge in [-0.2, -0.15) is 0 Å². The number of carbonyl (C=O) groups is 1. The summed E-state index contributed by atoms with van der Waals surface area (Å²) < 4.78 is 4.98. The zero-order valence-corrected chi connectivity index (χ0v) is 8.56. The van der Waals surface area contributed by atoms with Crippen LogP contribution in [0.3, 0.4) is 0 Å². The van der Waals surface area contributed by atoms with Gasteiger partial charge in [-0.15, -0.1) is 0 Å². The number of hydrogen-bond donors (Lipinski definition) is 1. The Bertz CT molecular complexity index is 480. The summed E-state index contributed by atoms with van der Waals surface area (Å²) in [5.74, 6) is -0.982. The second-order valence-corrected chi connectivity index (χ2v) is 3.68. The van der Waals surface area contributed by atoms with E-state index in [-0.39, 0.29) is 0 Å². The van der Waals surface area contributed by atoms with E-state index in [1.54, 1.807) is 18.2 Å². The lowest BCUT2D eigenvalue weighted by molar-refractivity contribution is -0.136. The number of fused-ring (bicyclic) bond motifs is 1. The molecule has 0 radical (unpaired) electrons. The average molecular weight is 256 g/mol. The summed E-state index contributed by atoms with van der Waals surface area (Å²) in [5, 5.41) is 13.2. The van der Waals surface area contributed by atoms with Crippen LogP contribution in [-0.2, 0) is 4.79 Å². The molecule has 1 aromatic heterocycles. The first-order chi connectivity index (χ1) is 6.70. The number of aliphatic carboxylic acids is 1. The van der Waals surface area contributed by atoms with Crippen molar-refractivity contribution < 1.29 is 14.4 Å². The fraction of sp³-hybridized carbons (Fsp3) is 0.111. The van der Waals surface area contributed by atoms with Crippen LogP contribution in [0.25, 0.3) is 11.0 Å². The van der Waals surface area contributed by atoms with E-state index in [9.17, 15) is 4.79 Å². The Balaban J connectivity index is 2.58. The molecule has 72 valence electrons. The zero-order valence-electron chi connectivity index (χ0n) is 6.98. The van der Waals surface area contributed by atoms with Gasteiger partial charge in [0.15, 0.2) is 10.4 Å². The van der Waals surface area contributed by atoms with Gasteiger partial charge in [-0.1, -0.05) is 33.2 Å². The Morgan fingerprint density at radius 3 is 2.93 bits per heavy atom. The molecule has 0 unspecified atom stereocenters. The minimum atomic E-state index is -0.982. The number of rotatable bonds is 2. The van der Waals surface area contributed by atoms with Crippen molar-refractivity contribution >= 4 is 32.9 Å². The van der Waals surface area contributed by atoms with Gasteiger partial charge >= 0.3 is 5.97 Å². The zero-order chi connectivity index (χ0) is 10.1. The smallest absolute Gasteiger partial charge is 0.323 e. The monoisotopic (exact) mass is 255 g/mol. The molecule has 2 aromatic rings. The largest absolute Gasteiger partial charge is 0.480 e. The maximum Gasteiger partial charge on any atom is 0.323 e. The van der Waals surface area contributed by atoms with E-state index in [1.165, 1.54) is 0 Å². The van der Waals surface area contributed by atoms with Gasteiger partial charge < -0.3 is 9.63 Å². The normalized spacial score (nSPS) is 12.9. The van der Waals surface area contributed by atoms with E-state index < -0.39 is 10.8 Å². The Labute approximate surface area is 87.6 Å². The summed E-state index contributed by atoms with van der Waals surface area (Å²) in [5.41, 5.74) is 0.987. The minimum Gasteiger partial charge on any atom is -0.480 e. The maximum absolute atomic E-state index is 10.7. The number of nitrogens with zero attached hydrogens (tertiary/aromatic N) is 1. The molecule has 0 fully saturated rings. The van der Waals surface area contributed by atoms with Crippen molar-refractivity contribution in [2.45, 2.75) is 4.83 Å². The molecule has 1 N–H and O–H groups in total. The summed E-state index contributed by atoms with van der Waals surface area (Å²) in [6, 6.07) is 7.14. The van der Waals surface area contributed by atoms with E-state index in [4.69, 9.17) is 9.63 Å². The summed E-state index contributed by atoms with van der Waals surface area (Å²) in [7, 11) is 0. The summed E-state index contributed by atoms with van der Waals surface area (Å²) in [4.78, 5) is 9.89. The van der Waals surface area contributed by atoms with Crippen LogP contribution in [0.2, 0.25) is 0 Å². The minimum absolute atomic E-state index is 0.396. The van der Waals surface area contributed by atoms with Crippen LogP contribution >= 0.6 is 15.9 Å². The van der Waals surface area contributed by atoms with Crippen LogP contribution < -0.4 is 0 Å². The fourth-order valence-electron chi connectivity index (χ4n) is 1.21. The number of para-hydroxylation sites is 1. The molecule has 1 heterocycles. The van der Waals surface area contributed by atoms with Crippen LogP contribution in [0.15, 0.2) is 28.8 Å². The molecule has 0 bridgehead atoms. The SMILES string of the molecule is O=C(O)[C@H](Br)c1noc2ccccc12. The molecular formula is C9H6BrNO3. The molecule has 14 heavy (non-hydrogen) atoms. The van der Waals surface area contributed by atoms with Crippen molar-refractivity contribution in [1.29, 1.82) is 0 Å². The fourth-order valence-corrected chi connectivity index (χ4v) is 1.54. The van der Waals surface area contributed by atoms with Gasteiger partial charge in [0, 0.05) is 5.39 Å². The van der Waals surface area contributed by atoms with Gasteiger partial charge in [0.25, 0.3) is 0 Å². The topological polar surface area (TPSA) is 63.3 Å². The first-order valence-corrected chi connectivity index (χ1v) is 4.83. The van der Waals surface area contributed by atoms with Crippen molar-refractivity contribution in [2.24, 2.45) is 0 Å². The second kappa shape index (κ2) is 3.42. The molecule has 0 aliphatic carbocycles. The number of aromatic nitrogens is 1. The van der Waals surface area contributed by atoms with E-state index >= 15 is 0 Å². The number of hydrogen-bond acceptors (Lipinski definition) is 3. The predicted molar refractivity (Wildman–Crippen MR) is 53.3 cm³/mol. The number of carboxylic acid groups (broad SMARTS) is 1. The molecule has 0 spiro atoms. The van der Waals surface area contributed by atoms with Crippen molar-refractivity contribution in [2.75, 3.05) is 0 Å². The van der Waals surface area contributed by atoms with E-state index in [2.05, 4.69) is 21.1 Å². The summed E-state index contributed by atoms with van der Waals surface area (Å²) in [6.07, 6.45) is 0. The van der Waals surface area contributed by atoms with Gasteiger partial charge in [-0.05, 0) is 12.1 Å². The van der Waals surface area contributed by atoms with Crippen molar-refractivity contribution in [3.63, 3.8) is 0 Å². The number of halogens is 1. The highest BCUT2D eigenvalue weighted by Gasteiger charge is 2.22. The quantitative estimate of drug-likeness (QED) is 0.837. The number of alkyl halides is 1. The highest BCUT2D eigenvalue weighted by Crippen LogP contribution is 2.28. The molecule has 0 saturated carbocycles. The lowest BCUT2D eigenvalue weighted by Gasteiger charge is -1.98. The molecule has 0 aliphatic rings. The van der Waals surface area contributed by atoms with E-state index in [0.29, 0.717) is 11.3 Å². The van der Waals surface area contributed by atoms with Gasteiger partial charge in [0.05, 0.1) is 0 Å². The van der Waals surface area contributed by atoms with E-state index in [0.717, 1.165) is 5.39 Å². The highest BCUT2D eigenvalue weighted by atomic mass is 79.9. The molecule has 0 aliphatic heterocycles. The Morgan fingerprint density at radius 1 is 1.50 bits per heavy atom.